The van der Waals surface area contributed by atoms with Crippen molar-refractivity contribution in [3.8, 4) is 0 Å². The van der Waals surface area contributed by atoms with Gasteiger partial charge in [-0.15, -0.1) is 11.8 Å². The molecule has 2 aromatic rings. The summed E-state index contributed by atoms with van der Waals surface area (Å²) in [7, 11) is 0. The largest absolute Gasteiger partial charge is 0.310 e. The molecule has 8 nitrogen and oxygen atoms in total. The molecule has 0 aliphatic carbocycles. The molecule has 1 aromatic heterocycles. The van der Waals surface area contributed by atoms with Crippen LogP contribution < -0.4 is 10.9 Å². The van der Waals surface area contributed by atoms with Gasteiger partial charge >= 0.3 is 0 Å². The van der Waals surface area contributed by atoms with Gasteiger partial charge in [0.25, 0.3) is 11.2 Å². The summed E-state index contributed by atoms with van der Waals surface area (Å²) in [5.41, 5.74) is 0.696. The maximum absolute atomic E-state index is 12.5. The van der Waals surface area contributed by atoms with E-state index in [1.54, 1.807) is 16.8 Å². The van der Waals surface area contributed by atoms with Gasteiger partial charge in [-0.1, -0.05) is 12.1 Å². The molecule has 1 aliphatic rings. The third-order valence-electron chi connectivity index (χ3n) is 3.76. The Morgan fingerprint density at radius 2 is 2.12 bits per heavy atom. The highest BCUT2D eigenvalue weighted by molar-refractivity contribution is 8.00. The second kappa shape index (κ2) is 6.16. The first-order valence-corrected chi connectivity index (χ1v) is 8.43. The Bertz CT molecular complexity index is 871. The molecule has 0 spiro atoms. The minimum absolute atomic E-state index is 0.0436. The highest BCUT2D eigenvalue weighted by Gasteiger charge is 2.31. The van der Waals surface area contributed by atoms with Gasteiger partial charge in [0.1, 0.15) is 5.82 Å². The molecule has 0 saturated heterocycles. The Kier molecular flexibility index (Phi) is 4.18. The summed E-state index contributed by atoms with van der Waals surface area (Å²) in [6.45, 7) is 3.78. The monoisotopic (exact) mass is 348 g/mol. The van der Waals surface area contributed by atoms with Crippen LogP contribution in [0.1, 0.15) is 36.3 Å². The zero-order chi connectivity index (χ0) is 17.4. The summed E-state index contributed by atoms with van der Waals surface area (Å²) in [5.74, 6) is 0.392. The molecule has 0 radical (unpaired) electrons. The van der Waals surface area contributed by atoms with Gasteiger partial charge in [0.2, 0.25) is 5.91 Å². The fourth-order valence-electron chi connectivity index (χ4n) is 2.70. The van der Waals surface area contributed by atoms with Crippen molar-refractivity contribution in [2.45, 2.75) is 25.1 Å². The number of nitro groups is 1. The Labute approximate surface area is 141 Å². The molecule has 2 heterocycles. The van der Waals surface area contributed by atoms with Crippen molar-refractivity contribution in [2.24, 2.45) is 0 Å². The zero-order valence-corrected chi connectivity index (χ0v) is 13.9. The van der Waals surface area contributed by atoms with E-state index >= 15 is 0 Å². The molecule has 2 N–H and O–H groups in total. The van der Waals surface area contributed by atoms with Crippen LogP contribution >= 0.6 is 11.8 Å². The number of rotatable bonds is 3. The number of nitro benzene ring substituents is 1. The Balaban J connectivity index is 2.17. The van der Waals surface area contributed by atoms with E-state index < -0.39 is 10.2 Å². The van der Waals surface area contributed by atoms with Crippen LogP contribution in [0, 0.1) is 10.1 Å². The highest BCUT2D eigenvalue weighted by Crippen LogP contribution is 2.40. The van der Waals surface area contributed by atoms with Crippen LogP contribution in [0.3, 0.4) is 0 Å². The summed E-state index contributed by atoms with van der Waals surface area (Å²) in [5, 5.41) is 16.1. The van der Waals surface area contributed by atoms with Gasteiger partial charge < -0.3 is 5.32 Å². The highest BCUT2D eigenvalue weighted by atomic mass is 32.2. The van der Waals surface area contributed by atoms with Crippen LogP contribution in [0.5, 0.6) is 0 Å². The number of anilines is 1. The minimum atomic E-state index is -0.474. The predicted octanol–water partition coefficient (Wildman–Crippen LogP) is 2.44. The minimum Gasteiger partial charge on any atom is -0.310 e. The molecular weight excluding hydrogens is 332 g/mol. The summed E-state index contributed by atoms with van der Waals surface area (Å²) in [6.07, 6.45) is 0. The van der Waals surface area contributed by atoms with Crippen molar-refractivity contribution >= 4 is 29.2 Å². The number of carbonyl (C=O) groups is 1. The van der Waals surface area contributed by atoms with Crippen LogP contribution in [0.4, 0.5) is 11.5 Å². The van der Waals surface area contributed by atoms with Gasteiger partial charge in [0, 0.05) is 18.2 Å². The lowest BCUT2D eigenvalue weighted by molar-refractivity contribution is -0.384. The number of benzene rings is 1. The second-order valence-corrected chi connectivity index (χ2v) is 6.85. The van der Waals surface area contributed by atoms with E-state index in [1.807, 2.05) is 13.8 Å². The van der Waals surface area contributed by atoms with Gasteiger partial charge in [-0.3, -0.25) is 29.5 Å². The third kappa shape index (κ3) is 2.82. The van der Waals surface area contributed by atoms with Crippen molar-refractivity contribution in [1.29, 1.82) is 0 Å². The van der Waals surface area contributed by atoms with Crippen LogP contribution in [0.25, 0.3) is 0 Å². The number of aromatic amines is 1. The molecule has 9 heteroatoms. The number of carbonyl (C=O) groups excluding carboxylic acids is 1. The van der Waals surface area contributed by atoms with E-state index in [2.05, 4.69) is 10.4 Å². The molecule has 0 unspecified atom stereocenters. The maximum atomic E-state index is 12.5. The number of non-ortho nitro benzene ring substituents is 1. The fraction of sp³-hybridized carbons (Fsp3) is 0.333. The molecule has 126 valence electrons. The van der Waals surface area contributed by atoms with E-state index in [0.717, 1.165) is 0 Å². The molecule has 24 heavy (non-hydrogen) atoms. The Morgan fingerprint density at radius 3 is 2.79 bits per heavy atom. The predicted molar refractivity (Wildman–Crippen MR) is 91.5 cm³/mol. The number of nitrogens with one attached hydrogen (secondary N) is 2. The van der Waals surface area contributed by atoms with Crippen LogP contribution in [0.15, 0.2) is 29.1 Å². The topological polar surface area (TPSA) is 110 Å². The Morgan fingerprint density at radius 1 is 1.38 bits per heavy atom. The molecule has 1 amide bonds. The molecular formula is C15H16N4O4S. The lowest BCUT2D eigenvalue weighted by atomic mass is 10.1. The molecule has 0 bridgehead atoms. The van der Waals surface area contributed by atoms with E-state index in [4.69, 9.17) is 0 Å². The number of fused-ring (bicyclic) bond motifs is 1. The second-order valence-electron chi connectivity index (χ2n) is 5.76. The molecule has 0 saturated carbocycles. The summed E-state index contributed by atoms with van der Waals surface area (Å²) < 4.78 is 1.62. The molecule has 1 atom stereocenters. The standard InChI is InChI=1S/C15H16N4O4S/c1-8(2)18-14-12(15(21)17-18)13(24-7-11(20)16-14)9-4-3-5-10(6-9)19(22)23/h3-6,8,13H,7H2,1-2H3,(H,16,20)(H,17,21)/t13-/m1/s1. The third-order valence-corrected chi connectivity index (χ3v) is 5.03. The molecule has 0 fully saturated rings. The summed E-state index contributed by atoms with van der Waals surface area (Å²) in [6, 6.07) is 6.12. The zero-order valence-electron chi connectivity index (χ0n) is 13.1. The lowest BCUT2D eigenvalue weighted by Crippen LogP contribution is -2.17. The first-order chi connectivity index (χ1) is 11.4. The smallest absolute Gasteiger partial charge is 0.270 e. The van der Waals surface area contributed by atoms with E-state index in [9.17, 15) is 19.7 Å². The molecule has 1 aliphatic heterocycles. The van der Waals surface area contributed by atoms with E-state index in [0.29, 0.717) is 16.9 Å². The molecule has 3 rings (SSSR count). The first kappa shape index (κ1) is 16.3. The number of hydrogen-bond acceptors (Lipinski definition) is 5. The van der Waals surface area contributed by atoms with Gasteiger partial charge in [-0.05, 0) is 19.4 Å². The number of aromatic nitrogens is 2. The van der Waals surface area contributed by atoms with Gasteiger partial charge in [0.15, 0.2) is 0 Å². The van der Waals surface area contributed by atoms with Crippen molar-refractivity contribution in [3.05, 3.63) is 55.9 Å². The number of H-pyrrole nitrogens is 1. The van der Waals surface area contributed by atoms with Crippen molar-refractivity contribution in [2.75, 3.05) is 11.1 Å². The molecule has 1 aromatic carbocycles. The fourth-order valence-corrected chi connectivity index (χ4v) is 3.81. The normalized spacial score (nSPS) is 17.3. The van der Waals surface area contributed by atoms with Crippen molar-refractivity contribution < 1.29 is 9.72 Å². The number of amides is 1. The summed E-state index contributed by atoms with van der Waals surface area (Å²) >= 11 is 1.28. The van der Waals surface area contributed by atoms with E-state index in [-0.39, 0.29) is 28.9 Å². The SMILES string of the molecule is CC(C)n1[nH]c(=O)c2c1NC(=O)CS[C@@H]2c1cccc([N+](=O)[O-])c1. The van der Waals surface area contributed by atoms with Crippen molar-refractivity contribution in [3.63, 3.8) is 0 Å². The van der Waals surface area contributed by atoms with Gasteiger partial charge in [-0.25, -0.2) is 0 Å². The van der Waals surface area contributed by atoms with Crippen LogP contribution in [0.2, 0.25) is 0 Å². The maximum Gasteiger partial charge on any atom is 0.270 e. The number of nitrogens with zero attached hydrogens (tertiary/aromatic N) is 2. The average molecular weight is 348 g/mol. The number of thioether (sulfide) groups is 1. The van der Waals surface area contributed by atoms with Gasteiger partial charge in [0.05, 0.1) is 21.5 Å². The van der Waals surface area contributed by atoms with Crippen molar-refractivity contribution in [1.82, 2.24) is 9.78 Å². The summed E-state index contributed by atoms with van der Waals surface area (Å²) in [4.78, 5) is 35.0. The van der Waals surface area contributed by atoms with Crippen LogP contribution in [-0.4, -0.2) is 26.4 Å². The van der Waals surface area contributed by atoms with E-state index in [1.165, 1.54) is 23.9 Å². The quantitative estimate of drug-likeness (QED) is 0.654. The van der Waals surface area contributed by atoms with Crippen LogP contribution in [-0.2, 0) is 4.79 Å². The average Bonchev–Trinajstić information content (AvgIpc) is 2.75. The number of hydrogen-bond donors (Lipinski definition) is 2. The van der Waals surface area contributed by atoms with Gasteiger partial charge in [-0.2, -0.15) is 0 Å². The lowest BCUT2D eigenvalue weighted by Gasteiger charge is -2.14. The first-order valence-electron chi connectivity index (χ1n) is 7.38. The Hall–Kier alpha value is -2.55.